The Morgan fingerprint density at radius 3 is 2.20 bits per heavy atom. The van der Waals surface area contributed by atoms with Gasteiger partial charge in [-0.2, -0.15) is 0 Å². The van der Waals surface area contributed by atoms with Gasteiger partial charge in [-0.3, -0.25) is 4.90 Å². The molecule has 0 aliphatic carbocycles. The fraction of sp³-hybridized carbons (Fsp3) is 0.667. The van der Waals surface area contributed by atoms with E-state index in [0.717, 1.165) is 13.1 Å². The van der Waals surface area contributed by atoms with Crippen LogP contribution >= 0.6 is 0 Å². The second kappa shape index (κ2) is 9.15. The first-order valence-electron chi connectivity index (χ1n) is 8.16. The third-order valence-electron chi connectivity index (χ3n) is 4.31. The lowest BCUT2D eigenvalue weighted by molar-refractivity contribution is 0.194. The summed E-state index contributed by atoms with van der Waals surface area (Å²) in [5.74, 6) is 0. The molecule has 1 aromatic rings. The normalized spacial score (nSPS) is 14.5. The predicted molar refractivity (Wildman–Crippen MR) is 89.2 cm³/mol. The Balaban J connectivity index is 2.74. The fourth-order valence-corrected chi connectivity index (χ4v) is 2.68. The summed E-state index contributed by atoms with van der Waals surface area (Å²) in [6.45, 7) is 11.3. The van der Waals surface area contributed by atoms with E-state index in [1.54, 1.807) is 0 Å². The molecule has 0 bridgehead atoms. The van der Waals surface area contributed by atoms with Crippen molar-refractivity contribution in [3.8, 4) is 0 Å². The number of likely N-dealkylation sites (N-methyl/N-ethyl adjacent to an activating group) is 2. The zero-order valence-corrected chi connectivity index (χ0v) is 13.9. The molecule has 1 N–H and O–H groups in total. The second-order valence-corrected chi connectivity index (χ2v) is 5.68. The maximum Gasteiger partial charge on any atom is 0.0446 e. The van der Waals surface area contributed by atoms with Crippen molar-refractivity contribution < 1.29 is 0 Å². The lowest BCUT2D eigenvalue weighted by atomic mass is 10.0. The molecule has 0 aliphatic rings. The van der Waals surface area contributed by atoms with E-state index >= 15 is 0 Å². The molecule has 0 amide bonds. The average Bonchev–Trinajstić information content (AvgIpc) is 2.49. The smallest absolute Gasteiger partial charge is 0.0446 e. The third kappa shape index (κ3) is 4.92. The van der Waals surface area contributed by atoms with Crippen molar-refractivity contribution in [3.05, 3.63) is 35.4 Å². The molecule has 2 heteroatoms. The number of benzene rings is 1. The standard InChI is InChI=1S/C18H32N2/c1-6-9-16-10-12-17(13-11-16)18(19-5)14-20(8-3)15(4)7-2/h10-13,15,18-19H,6-9,14H2,1-5H3. The summed E-state index contributed by atoms with van der Waals surface area (Å²) in [5.41, 5.74) is 2.84. The van der Waals surface area contributed by atoms with Crippen molar-refractivity contribution in [1.82, 2.24) is 10.2 Å². The van der Waals surface area contributed by atoms with E-state index in [9.17, 15) is 0 Å². The SMILES string of the molecule is CCCc1ccc(C(CN(CC)C(C)CC)NC)cc1. The van der Waals surface area contributed by atoms with Crippen molar-refractivity contribution in [1.29, 1.82) is 0 Å². The van der Waals surface area contributed by atoms with Crippen molar-refractivity contribution in [2.45, 2.75) is 59.0 Å². The minimum absolute atomic E-state index is 0.416. The Kier molecular flexibility index (Phi) is 7.86. The van der Waals surface area contributed by atoms with Crippen LogP contribution in [0.15, 0.2) is 24.3 Å². The molecule has 0 saturated heterocycles. The van der Waals surface area contributed by atoms with Crippen molar-refractivity contribution in [2.24, 2.45) is 0 Å². The minimum Gasteiger partial charge on any atom is -0.312 e. The number of hydrogen-bond donors (Lipinski definition) is 1. The van der Waals surface area contributed by atoms with E-state index < -0.39 is 0 Å². The molecule has 0 aromatic heterocycles. The van der Waals surface area contributed by atoms with Gasteiger partial charge in [0.1, 0.15) is 0 Å². The van der Waals surface area contributed by atoms with Gasteiger partial charge >= 0.3 is 0 Å². The van der Waals surface area contributed by atoms with Gasteiger partial charge in [0.15, 0.2) is 0 Å². The number of nitrogens with one attached hydrogen (secondary N) is 1. The molecule has 0 radical (unpaired) electrons. The quantitative estimate of drug-likeness (QED) is 0.733. The molecule has 2 unspecified atom stereocenters. The highest BCUT2D eigenvalue weighted by atomic mass is 15.2. The molecule has 0 saturated carbocycles. The van der Waals surface area contributed by atoms with Crippen LogP contribution in [-0.4, -0.2) is 31.1 Å². The van der Waals surface area contributed by atoms with E-state index in [0.29, 0.717) is 12.1 Å². The lowest BCUT2D eigenvalue weighted by Crippen LogP contribution is -2.39. The molecule has 0 fully saturated rings. The van der Waals surface area contributed by atoms with Crippen LogP contribution in [0.1, 0.15) is 57.7 Å². The summed E-state index contributed by atoms with van der Waals surface area (Å²) in [7, 11) is 2.06. The van der Waals surface area contributed by atoms with Gasteiger partial charge in [-0.15, -0.1) is 0 Å². The lowest BCUT2D eigenvalue weighted by Gasteiger charge is -2.31. The highest BCUT2D eigenvalue weighted by Gasteiger charge is 2.16. The van der Waals surface area contributed by atoms with Crippen molar-refractivity contribution in [2.75, 3.05) is 20.1 Å². The molecule has 114 valence electrons. The largest absolute Gasteiger partial charge is 0.312 e. The van der Waals surface area contributed by atoms with E-state index in [-0.39, 0.29) is 0 Å². The Morgan fingerprint density at radius 1 is 1.10 bits per heavy atom. The molecule has 2 nitrogen and oxygen atoms in total. The summed E-state index contributed by atoms with van der Waals surface area (Å²) in [6, 6.07) is 10.2. The number of hydrogen-bond acceptors (Lipinski definition) is 2. The van der Waals surface area contributed by atoms with Gasteiger partial charge in [-0.05, 0) is 44.5 Å². The molecular formula is C18H32N2. The Hall–Kier alpha value is -0.860. The Bertz CT molecular complexity index is 358. The summed E-state index contributed by atoms with van der Waals surface area (Å²) < 4.78 is 0. The topological polar surface area (TPSA) is 15.3 Å². The maximum atomic E-state index is 3.47. The summed E-state index contributed by atoms with van der Waals surface area (Å²) in [5, 5.41) is 3.47. The van der Waals surface area contributed by atoms with Gasteiger partial charge in [-0.1, -0.05) is 51.5 Å². The highest BCUT2D eigenvalue weighted by molar-refractivity contribution is 5.25. The van der Waals surface area contributed by atoms with Crippen LogP contribution in [0.3, 0.4) is 0 Å². The van der Waals surface area contributed by atoms with Gasteiger partial charge in [-0.25, -0.2) is 0 Å². The monoisotopic (exact) mass is 276 g/mol. The van der Waals surface area contributed by atoms with Crippen LogP contribution in [0.5, 0.6) is 0 Å². The molecule has 1 aromatic carbocycles. The first kappa shape index (κ1) is 17.2. The first-order chi connectivity index (χ1) is 9.65. The molecule has 20 heavy (non-hydrogen) atoms. The van der Waals surface area contributed by atoms with Crippen LogP contribution in [0.4, 0.5) is 0 Å². The minimum atomic E-state index is 0.416. The number of rotatable bonds is 9. The van der Waals surface area contributed by atoms with Crippen LogP contribution in [0.25, 0.3) is 0 Å². The first-order valence-corrected chi connectivity index (χ1v) is 8.16. The molecule has 0 spiro atoms. The van der Waals surface area contributed by atoms with Crippen LogP contribution in [0.2, 0.25) is 0 Å². The molecule has 1 rings (SSSR count). The molecule has 2 atom stereocenters. The number of nitrogens with zero attached hydrogens (tertiary/aromatic N) is 1. The summed E-state index contributed by atoms with van der Waals surface area (Å²) in [6.07, 6.45) is 3.60. The maximum absolute atomic E-state index is 3.47. The van der Waals surface area contributed by atoms with Gasteiger partial charge in [0.2, 0.25) is 0 Å². The summed E-state index contributed by atoms with van der Waals surface area (Å²) in [4.78, 5) is 2.56. The molecule has 0 aliphatic heterocycles. The third-order valence-corrected chi connectivity index (χ3v) is 4.31. The Labute approximate surface area is 125 Å². The Morgan fingerprint density at radius 2 is 1.75 bits per heavy atom. The average molecular weight is 276 g/mol. The predicted octanol–water partition coefficient (Wildman–Crippen LogP) is 4.02. The summed E-state index contributed by atoms with van der Waals surface area (Å²) >= 11 is 0. The van der Waals surface area contributed by atoms with Gasteiger partial charge in [0.05, 0.1) is 0 Å². The van der Waals surface area contributed by atoms with Gasteiger partial charge in [0.25, 0.3) is 0 Å². The van der Waals surface area contributed by atoms with Crippen LogP contribution in [-0.2, 0) is 6.42 Å². The second-order valence-electron chi connectivity index (χ2n) is 5.68. The molecule has 0 heterocycles. The zero-order valence-electron chi connectivity index (χ0n) is 13.9. The van der Waals surface area contributed by atoms with E-state index in [4.69, 9.17) is 0 Å². The zero-order chi connectivity index (χ0) is 15.0. The van der Waals surface area contributed by atoms with E-state index in [2.05, 4.69) is 69.2 Å². The van der Waals surface area contributed by atoms with Crippen molar-refractivity contribution >= 4 is 0 Å². The van der Waals surface area contributed by atoms with Crippen LogP contribution in [0, 0.1) is 0 Å². The molecular weight excluding hydrogens is 244 g/mol. The van der Waals surface area contributed by atoms with E-state index in [1.165, 1.54) is 30.4 Å². The van der Waals surface area contributed by atoms with Gasteiger partial charge in [0, 0.05) is 18.6 Å². The van der Waals surface area contributed by atoms with E-state index in [1.807, 2.05) is 0 Å². The number of aryl methyl sites for hydroxylation is 1. The van der Waals surface area contributed by atoms with Crippen LogP contribution < -0.4 is 5.32 Å². The van der Waals surface area contributed by atoms with Crippen molar-refractivity contribution in [3.63, 3.8) is 0 Å². The van der Waals surface area contributed by atoms with Gasteiger partial charge < -0.3 is 5.32 Å². The fourth-order valence-electron chi connectivity index (χ4n) is 2.68. The highest BCUT2D eigenvalue weighted by Crippen LogP contribution is 2.17.